The van der Waals surface area contributed by atoms with Gasteiger partial charge in [0.2, 0.25) is 0 Å². The molecule has 1 rings (SSSR count). The SMILES string of the molecule is C=CCOC(=O)Nc1cc(Cl)c(Cl)cc1Cl. The number of benzene rings is 1. The molecule has 0 atom stereocenters. The van der Waals surface area contributed by atoms with Gasteiger partial charge in [-0.25, -0.2) is 4.79 Å². The highest BCUT2D eigenvalue weighted by Crippen LogP contribution is 2.32. The number of hydrogen-bond donors (Lipinski definition) is 1. The summed E-state index contributed by atoms with van der Waals surface area (Å²) in [5.74, 6) is 0. The van der Waals surface area contributed by atoms with Crippen LogP contribution < -0.4 is 5.32 Å². The van der Waals surface area contributed by atoms with Gasteiger partial charge in [0.15, 0.2) is 0 Å². The standard InChI is InChI=1S/C10H8Cl3NO2/c1-2-3-16-10(15)14-9-5-7(12)6(11)4-8(9)13/h2,4-5H,1,3H2,(H,14,15). The molecule has 0 heterocycles. The van der Waals surface area contributed by atoms with E-state index in [0.29, 0.717) is 15.7 Å². The maximum Gasteiger partial charge on any atom is 0.411 e. The number of nitrogens with one attached hydrogen (secondary N) is 1. The Morgan fingerprint density at radius 3 is 2.56 bits per heavy atom. The van der Waals surface area contributed by atoms with E-state index in [1.165, 1.54) is 18.2 Å². The van der Waals surface area contributed by atoms with Crippen molar-refractivity contribution < 1.29 is 9.53 Å². The topological polar surface area (TPSA) is 38.3 Å². The lowest BCUT2D eigenvalue weighted by molar-refractivity contribution is 0.174. The van der Waals surface area contributed by atoms with E-state index in [1.54, 1.807) is 0 Å². The Bertz CT molecular complexity index is 421. The molecule has 1 N–H and O–H groups in total. The molecule has 0 saturated heterocycles. The maximum absolute atomic E-state index is 11.2. The van der Waals surface area contributed by atoms with Gasteiger partial charge in [0.25, 0.3) is 0 Å². The fourth-order valence-corrected chi connectivity index (χ4v) is 1.49. The summed E-state index contributed by atoms with van der Waals surface area (Å²) < 4.78 is 4.72. The average Bonchev–Trinajstić information content (AvgIpc) is 2.23. The zero-order valence-electron chi connectivity index (χ0n) is 8.10. The molecule has 0 radical (unpaired) electrons. The predicted molar refractivity (Wildman–Crippen MR) is 66.6 cm³/mol. The van der Waals surface area contributed by atoms with Crippen LogP contribution in [0.1, 0.15) is 0 Å². The highest BCUT2D eigenvalue weighted by molar-refractivity contribution is 6.44. The molecule has 0 aromatic heterocycles. The van der Waals surface area contributed by atoms with Crippen LogP contribution >= 0.6 is 34.8 Å². The van der Waals surface area contributed by atoms with E-state index in [4.69, 9.17) is 39.5 Å². The molecule has 6 heteroatoms. The first-order valence-electron chi connectivity index (χ1n) is 4.24. The summed E-state index contributed by atoms with van der Waals surface area (Å²) in [6, 6.07) is 2.88. The molecule has 0 fully saturated rings. The minimum atomic E-state index is -0.639. The van der Waals surface area contributed by atoms with Crippen molar-refractivity contribution in [2.45, 2.75) is 0 Å². The number of carbonyl (C=O) groups is 1. The smallest absolute Gasteiger partial charge is 0.411 e. The minimum Gasteiger partial charge on any atom is -0.445 e. The van der Waals surface area contributed by atoms with Gasteiger partial charge in [-0.2, -0.15) is 0 Å². The molecule has 0 saturated carbocycles. The highest BCUT2D eigenvalue weighted by atomic mass is 35.5. The minimum absolute atomic E-state index is 0.116. The largest absolute Gasteiger partial charge is 0.445 e. The molecule has 0 spiro atoms. The molecule has 1 aromatic rings. The fraction of sp³-hybridized carbons (Fsp3) is 0.100. The average molecular weight is 281 g/mol. The van der Waals surface area contributed by atoms with Crippen LogP contribution in [0, 0.1) is 0 Å². The van der Waals surface area contributed by atoms with Gasteiger partial charge in [0.1, 0.15) is 6.61 Å². The van der Waals surface area contributed by atoms with Crippen LogP contribution in [0.2, 0.25) is 15.1 Å². The lowest BCUT2D eigenvalue weighted by Gasteiger charge is -2.08. The summed E-state index contributed by atoms with van der Waals surface area (Å²) in [7, 11) is 0. The van der Waals surface area contributed by atoms with Crippen molar-refractivity contribution in [2.24, 2.45) is 0 Å². The van der Waals surface area contributed by atoms with Crippen LogP contribution in [0.25, 0.3) is 0 Å². The van der Waals surface area contributed by atoms with Gasteiger partial charge in [0, 0.05) is 0 Å². The van der Waals surface area contributed by atoms with Crippen LogP contribution in [-0.4, -0.2) is 12.7 Å². The first-order chi connectivity index (χ1) is 7.54. The zero-order valence-corrected chi connectivity index (χ0v) is 10.4. The zero-order chi connectivity index (χ0) is 12.1. The molecule has 16 heavy (non-hydrogen) atoms. The molecule has 0 aliphatic carbocycles. The molecular weight excluding hydrogens is 272 g/mol. The second-order valence-corrected chi connectivity index (χ2v) is 3.98. The van der Waals surface area contributed by atoms with E-state index in [0.717, 1.165) is 0 Å². The molecule has 0 aliphatic rings. The molecule has 0 aliphatic heterocycles. The number of halogens is 3. The van der Waals surface area contributed by atoms with Gasteiger partial charge < -0.3 is 4.74 Å². The monoisotopic (exact) mass is 279 g/mol. The summed E-state index contributed by atoms with van der Waals surface area (Å²) in [6.45, 7) is 3.53. The van der Waals surface area contributed by atoms with Gasteiger partial charge in [0.05, 0.1) is 20.8 Å². The Kier molecular flexibility index (Phi) is 4.93. The van der Waals surface area contributed by atoms with E-state index >= 15 is 0 Å². The number of anilines is 1. The van der Waals surface area contributed by atoms with Gasteiger partial charge in [-0.15, -0.1) is 0 Å². The summed E-state index contributed by atoms with van der Waals surface area (Å²) in [5, 5.41) is 3.32. The van der Waals surface area contributed by atoms with Crippen molar-refractivity contribution in [3.05, 3.63) is 39.9 Å². The third kappa shape index (κ3) is 3.59. The first kappa shape index (κ1) is 13.2. The highest BCUT2D eigenvalue weighted by Gasteiger charge is 2.09. The summed E-state index contributed by atoms with van der Waals surface area (Å²) >= 11 is 17.4. The maximum atomic E-state index is 11.2. The Morgan fingerprint density at radius 1 is 1.31 bits per heavy atom. The van der Waals surface area contributed by atoms with Crippen LogP contribution in [0.15, 0.2) is 24.8 Å². The number of ether oxygens (including phenoxy) is 1. The molecule has 86 valence electrons. The van der Waals surface area contributed by atoms with E-state index < -0.39 is 6.09 Å². The van der Waals surface area contributed by atoms with Crippen molar-refractivity contribution in [3.63, 3.8) is 0 Å². The van der Waals surface area contributed by atoms with Crippen molar-refractivity contribution in [2.75, 3.05) is 11.9 Å². The Balaban J connectivity index is 2.77. The molecule has 0 unspecified atom stereocenters. The van der Waals surface area contributed by atoms with Gasteiger partial charge >= 0.3 is 6.09 Å². The summed E-state index contributed by atoms with van der Waals surface area (Å²) in [5.41, 5.74) is 0.338. The molecule has 1 amide bonds. The van der Waals surface area contributed by atoms with Crippen LogP contribution in [0.5, 0.6) is 0 Å². The Labute approximate surface area is 108 Å². The summed E-state index contributed by atoms with van der Waals surface area (Å²) in [6.07, 6.45) is 0.816. The van der Waals surface area contributed by atoms with E-state index in [9.17, 15) is 4.79 Å². The lowest BCUT2D eigenvalue weighted by Crippen LogP contribution is -2.13. The predicted octanol–water partition coefficient (Wildman–Crippen LogP) is 4.38. The van der Waals surface area contributed by atoms with Gasteiger partial charge in [-0.05, 0) is 12.1 Å². The number of amides is 1. The Hall–Kier alpha value is -0.900. The third-order valence-electron chi connectivity index (χ3n) is 1.58. The van der Waals surface area contributed by atoms with Crippen molar-refractivity contribution >= 4 is 46.6 Å². The van der Waals surface area contributed by atoms with Gasteiger partial charge in [-0.1, -0.05) is 47.5 Å². The molecule has 1 aromatic carbocycles. The van der Waals surface area contributed by atoms with E-state index in [1.807, 2.05) is 0 Å². The second kappa shape index (κ2) is 5.99. The normalized spacial score (nSPS) is 9.69. The quantitative estimate of drug-likeness (QED) is 0.659. The van der Waals surface area contributed by atoms with Crippen molar-refractivity contribution in [1.29, 1.82) is 0 Å². The lowest BCUT2D eigenvalue weighted by atomic mass is 10.3. The fourth-order valence-electron chi connectivity index (χ4n) is 0.899. The second-order valence-electron chi connectivity index (χ2n) is 2.76. The number of hydrogen-bond acceptors (Lipinski definition) is 2. The first-order valence-corrected chi connectivity index (χ1v) is 5.37. The summed E-state index contributed by atoms with van der Waals surface area (Å²) in [4.78, 5) is 11.2. The van der Waals surface area contributed by atoms with Crippen molar-refractivity contribution in [3.8, 4) is 0 Å². The molecule has 3 nitrogen and oxygen atoms in total. The Morgan fingerprint density at radius 2 is 1.94 bits per heavy atom. The van der Waals surface area contributed by atoms with Gasteiger partial charge in [-0.3, -0.25) is 5.32 Å². The number of carbonyl (C=O) groups excluding carboxylic acids is 1. The van der Waals surface area contributed by atoms with E-state index in [2.05, 4.69) is 11.9 Å². The third-order valence-corrected chi connectivity index (χ3v) is 2.61. The number of rotatable bonds is 3. The van der Waals surface area contributed by atoms with E-state index in [-0.39, 0.29) is 11.6 Å². The van der Waals surface area contributed by atoms with Crippen LogP contribution in [0.3, 0.4) is 0 Å². The van der Waals surface area contributed by atoms with Crippen molar-refractivity contribution in [1.82, 2.24) is 0 Å². The molecule has 0 bridgehead atoms. The van der Waals surface area contributed by atoms with Crippen LogP contribution in [0.4, 0.5) is 10.5 Å². The van der Waals surface area contributed by atoms with Crippen LogP contribution in [-0.2, 0) is 4.74 Å². The molecular formula is C10H8Cl3NO2.